The van der Waals surface area contributed by atoms with Crippen molar-refractivity contribution in [3.63, 3.8) is 0 Å². The van der Waals surface area contributed by atoms with Crippen molar-refractivity contribution < 1.29 is 23.8 Å². The maximum atomic E-state index is 13.7. The van der Waals surface area contributed by atoms with E-state index in [4.69, 9.17) is 9.84 Å². The molecular formula is C28H35FN2O4. The Morgan fingerprint density at radius 3 is 2.31 bits per heavy atom. The molecule has 0 aliphatic carbocycles. The van der Waals surface area contributed by atoms with Crippen LogP contribution in [-0.4, -0.2) is 59.1 Å². The molecule has 2 aromatic rings. The molecule has 0 aromatic heterocycles. The minimum atomic E-state index is -0.996. The summed E-state index contributed by atoms with van der Waals surface area (Å²) >= 11 is 0. The highest BCUT2D eigenvalue weighted by molar-refractivity contribution is 5.85. The Labute approximate surface area is 206 Å². The summed E-state index contributed by atoms with van der Waals surface area (Å²) in [4.78, 5) is 28.8. The molecule has 1 atom stereocenters. The number of rotatable bonds is 9. The van der Waals surface area contributed by atoms with Crippen LogP contribution in [-0.2, 0) is 22.6 Å². The van der Waals surface area contributed by atoms with E-state index in [0.29, 0.717) is 11.7 Å². The predicted molar refractivity (Wildman–Crippen MR) is 132 cm³/mol. The van der Waals surface area contributed by atoms with Crippen LogP contribution in [0.15, 0.2) is 48.5 Å². The molecule has 35 heavy (non-hydrogen) atoms. The number of aliphatic carboxylic acids is 1. The largest absolute Gasteiger partial charge is 0.482 e. The zero-order valence-corrected chi connectivity index (χ0v) is 20.6. The third kappa shape index (κ3) is 6.20. The number of ether oxygens (including phenoxy) is 1. The number of piperidine rings is 1. The number of amides is 1. The molecule has 0 radical (unpaired) electrons. The van der Waals surface area contributed by atoms with Crippen molar-refractivity contribution in [2.75, 3.05) is 26.2 Å². The molecule has 6 nitrogen and oxygen atoms in total. The Hall–Kier alpha value is -2.93. The minimum absolute atomic E-state index is 0.153. The Bertz CT molecular complexity index is 1010. The van der Waals surface area contributed by atoms with E-state index in [1.54, 1.807) is 12.1 Å². The molecular weight excluding hydrogens is 447 g/mol. The van der Waals surface area contributed by atoms with Gasteiger partial charge in [-0.2, -0.15) is 0 Å². The van der Waals surface area contributed by atoms with Crippen LogP contribution in [0.3, 0.4) is 0 Å². The maximum absolute atomic E-state index is 13.7. The number of nitrogens with zero attached hydrogens (tertiary/aromatic N) is 2. The molecule has 1 N–H and O–H groups in total. The number of carboxylic acids is 1. The minimum Gasteiger partial charge on any atom is -0.482 e. The number of halogens is 1. The summed E-state index contributed by atoms with van der Waals surface area (Å²) in [5.41, 5.74) is 1.91. The second kappa shape index (κ2) is 10.8. The fourth-order valence-electron chi connectivity index (χ4n) is 5.47. The monoisotopic (exact) mass is 482 g/mol. The van der Waals surface area contributed by atoms with Gasteiger partial charge in [-0.3, -0.25) is 9.69 Å². The molecule has 2 aliphatic heterocycles. The molecule has 0 saturated carbocycles. The van der Waals surface area contributed by atoms with Crippen LogP contribution in [0.2, 0.25) is 0 Å². The summed E-state index contributed by atoms with van der Waals surface area (Å²) in [6.45, 7) is 7.22. The molecule has 7 heteroatoms. The third-order valence-corrected chi connectivity index (χ3v) is 7.23. The lowest BCUT2D eigenvalue weighted by molar-refractivity contribution is -0.140. The van der Waals surface area contributed by atoms with Crippen molar-refractivity contribution in [2.45, 2.75) is 52.1 Å². The normalized spacial score (nSPS) is 20.1. The van der Waals surface area contributed by atoms with Gasteiger partial charge >= 0.3 is 5.97 Å². The van der Waals surface area contributed by atoms with Gasteiger partial charge < -0.3 is 14.7 Å². The van der Waals surface area contributed by atoms with E-state index < -0.39 is 5.97 Å². The first kappa shape index (κ1) is 25.2. The second-order valence-corrected chi connectivity index (χ2v) is 10.4. The number of carboxylic acid groups (broad SMARTS) is 1. The van der Waals surface area contributed by atoms with Crippen molar-refractivity contribution in [2.24, 2.45) is 11.3 Å². The van der Waals surface area contributed by atoms with E-state index >= 15 is 0 Å². The van der Waals surface area contributed by atoms with Crippen LogP contribution < -0.4 is 4.74 Å². The van der Waals surface area contributed by atoms with E-state index in [1.165, 1.54) is 12.1 Å². The Morgan fingerprint density at radius 2 is 1.71 bits per heavy atom. The molecule has 0 unspecified atom stereocenters. The van der Waals surface area contributed by atoms with Gasteiger partial charge in [-0.15, -0.1) is 0 Å². The molecule has 2 fully saturated rings. The van der Waals surface area contributed by atoms with Gasteiger partial charge in [-0.05, 0) is 80.1 Å². The maximum Gasteiger partial charge on any atom is 0.341 e. The highest BCUT2D eigenvalue weighted by atomic mass is 19.1. The topological polar surface area (TPSA) is 70.1 Å². The first-order valence-electron chi connectivity index (χ1n) is 12.5. The lowest BCUT2D eigenvalue weighted by Gasteiger charge is -2.38. The molecule has 0 bridgehead atoms. The number of benzene rings is 2. The molecule has 4 rings (SSSR count). The molecule has 188 valence electrons. The van der Waals surface area contributed by atoms with Crippen LogP contribution in [0.1, 0.15) is 44.2 Å². The van der Waals surface area contributed by atoms with Crippen molar-refractivity contribution in [1.82, 2.24) is 9.80 Å². The molecule has 2 aliphatic rings. The van der Waals surface area contributed by atoms with Gasteiger partial charge in [0.25, 0.3) is 0 Å². The van der Waals surface area contributed by atoms with Gasteiger partial charge in [0.1, 0.15) is 11.6 Å². The van der Waals surface area contributed by atoms with Crippen molar-refractivity contribution in [3.8, 4) is 5.75 Å². The zero-order chi connectivity index (χ0) is 25.0. The van der Waals surface area contributed by atoms with E-state index in [-0.39, 0.29) is 29.8 Å². The molecule has 1 spiro atoms. The van der Waals surface area contributed by atoms with Gasteiger partial charge in [0.15, 0.2) is 6.61 Å². The average molecular weight is 483 g/mol. The summed E-state index contributed by atoms with van der Waals surface area (Å²) in [6, 6.07) is 14.3. The Balaban J connectivity index is 1.37. The van der Waals surface area contributed by atoms with Crippen LogP contribution >= 0.6 is 0 Å². The zero-order valence-electron chi connectivity index (χ0n) is 20.6. The van der Waals surface area contributed by atoms with Gasteiger partial charge in [-0.25, -0.2) is 9.18 Å². The number of carbonyl (C=O) groups excluding carboxylic acids is 1. The van der Waals surface area contributed by atoms with E-state index in [2.05, 4.69) is 23.6 Å². The fourth-order valence-corrected chi connectivity index (χ4v) is 5.47. The van der Waals surface area contributed by atoms with Crippen LogP contribution in [0.25, 0.3) is 0 Å². The highest BCUT2D eigenvalue weighted by Gasteiger charge is 2.52. The Morgan fingerprint density at radius 1 is 1.09 bits per heavy atom. The predicted octanol–water partition coefficient (Wildman–Crippen LogP) is 4.37. The quantitative estimate of drug-likeness (QED) is 0.575. The van der Waals surface area contributed by atoms with Gasteiger partial charge in [0.2, 0.25) is 5.91 Å². The summed E-state index contributed by atoms with van der Waals surface area (Å²) in [5.74, 6) is -0.000749. The van der Waals surface area contributed by atoms with Gasteiger partial charge in [0.05, 0.1) is 5.41 Å². The van der Waals surface area contributed by atoms with Crippen molar-refractivity contribution >= 4 is 11.9 Å². The SMILES string of the molecule is CC(C)CN1C(=O)C2(CCN(Cc3ccc(OCC(=O)O)cc3)CC2)C[C@@H]1Cc1ccc(F)cc1. The second-order valence-electron chi connectivity index (χ2n) is 10.4. The van der Waals surface area contributed by atoms with E-state index in [1.807, 2.05) is 24.3 Å². The number of hydrogen-bond donors (Lipinski definition) is 1. The summed E-state index contributed by atoms with van der Waals surface area (Å²) in [7, 11) is 0. The first-order valence-corrected chi connectivity index (χ1v) is 12.5. The van der Waals surface area contributed by atoms with Gasteiger partial charge in [0, 0.05) is 19.1 Å². The number of carbonyl (C=O) groups is 2. The van der Waals surface area contributed by atoms with Gasteiger partial charge in [-0.1, -0.05) is 38.1 Å². The van der Waals surface area contributed by atoms with Crippen LogP contribution in [0, 0.1) is 17.2 Å². The van der Waals surface area contributed by atoms with Crippen LogP contribution in [0.5, 0.6) is 5.75 Å². The smallest absolute Gasteiger partial charge is 0.341 e. The van der Waals surface area contributed by atoms with E-state index in [0.717, 1.165) is 63.0 Å². The summed E-state index contributed by atoms with van der Waals surface area (Å²) < 4.78 is 18.6. The van der Waals surface area contributed by atoms with Crippen LogP contribution in [0.4, 0.5) is 4.39 Å². The average Bonchev–Trinajstić information content (AvgIpc) is 3.06. The molecule has 2 aromatic carbocycles. The number of hydrogen-bond acceptors (Lipinski definition) is 4. The highest BCUT2D eigenvalue weighted by Crippen LogP contribution is 2.45. The fraction of sp³-hybridized carbons (Fsp3) is 0.500. The standard InChI is InChI=1S/C28H35FN2O4/c1-20(2)17-31-24(15-21-3-7-23(29)8-4-21)16-28(27(31)34)11-13-30(14-12-28)18-22-5-9-25(10-6-22)35-19-26(32)33/h3-10,20,24H,11-19H2,1-2H3,(H,32,33)/t24-/m0/s1. The molecule has 2 saturated heterocycles. The summed E-state index contributed by atoms with van der Waals surface area (Å²) in [6.07, 6.45) is 3.32. The first-order chi connectivity index (χ1) is 16.7. The number of likely N-dealkylation sites (tertiary alicyclic amines) is 2. The van der Waals surface area contributed by atoms with Crippen molar-refractivity contribution in [3.05, 3.63) is 65.5 Å². The lowest BCUT2D eigenvalue weighted by atomic mass is 9.75. The summed E-state index contributed by atoms with van der Waals surface area (Å²) in [5, 5.41) is 8.74. The van der Waals surface area contributed by atoms with Crippen molar-refractivity contribution in [1.29, 1.82) is 0 Å². The lowest BCUT2D eigenvalue weighted by Crippen LogP contribution is -2.45. The molecule has 2 heterocycles. The third-order valence-electron chi connectivity index (χ3n) is 7.23. The molecule has 1 amide bonds. The van der Waals surface area contributed by atoms with E-state index in [9.17, 15) is 14.0 Å². The Kier molecular flexibility index (Phi) is 7.75.